The van der Waals surface area contributed by atoms with Gasteiger partial charge in [0.15, 0.2) is 6.10 Å². The fourth-order valence-corrected chi connectivity index (χ4v) is 4.08. The van der Waals surface area contributed by atoms with Gasteiger partial charge in [-0.2, -0.15) is 0 Å². The highest BCUT2D eigenvalue weighted by molar-refractivity contribution is 5.72. The summed E-state index contributed by atoms with van der Waals surface area (Å²) >= 11 is 0. The lowest BCUT2D eigenvalue weighted by molar-refractivity contribution is -0.166. The molecule has 0 aliphatic heterocycles. The number of rotatable bonds is 30. The number of esters is 3. The van der Waals surface area contributed by atoms with Crippen LogP contribution in [-0.4, -0.2) is 37.2 Å². The number of allylic oxidation sites excluding steroid dienone is 21. The molecule has 0 N–H and O–H groups in total. The van der Waals surface area contributed by atoms with Gasteiger partial charge in [0.25, 0.3) is 0 Å². The van der Waals surface area contributed by atoms with Crippen LogP contribution in [0.2, 0.25) is 0 Å². The van der Waals surface area contributed by atoms with Crippen molar-refractivity contribution in [2.75, 3.05) is 13.2 Å². The predicted octanol–water partition coefficient (Wildman–Crippen LogP) is 11.6. The molecule has 0 spiro atoms. The third kappa shape index (κ3) is 36.7. The molecular formula is C45H64O6. The molecule has 0 radical (unpaired) electrons. The van der Waals surface area contributed by atoms with Crippen molar-refractivity contribution in [2.24, 2.45) is 0 Å². The van der Waals surface area contributed by atoms with E-state index in [9.17, 15) is 14.4 Å². The normalized spacial score (nSPS) is 13.5. The molecule has 6 nitrogen and oxygen atoms in total. The Morgan fingerprint density at radius 2 is 0.843 bits per heavy atom. The van der Waals surface area contributed by atoms with Gasteiger partial charge in [-0.05, 0) is 70.6 Å². The Kier molecular flexibility index (Phi) is 35.0. The Hall–Kier alpha value is -4.45. The molecule has 0 heterocycles. The maximum absolute atomic E-state index is 12.6. The zero-order chi connectivity index (χ0) is 37.3. The molecule has 0 saturated heterocycles. The maximum Gasteiger partial charge on any atom is 0.309 e. The molecule has 0 aromatic rings. The van der Waals surface area contributed by atoms with Crippen LogP contribution in [0.15, 0.2) is 134 Å². The van der Waals surface area contributed by atoms with E-state index < -0.39 is 18.0 Å². The third-order valence-corrected chi connectivity index (χ3v) is 6.79. The molecule has 0 fully saturated rings. The van der Waals surface area contributed by atoms with Gasteiger partial charge in [-0.15, -0.1) is 0 Å². The number of ether oxygens (including phenoxy) is 3. The van der Waals surface area contributed by atoms with E-state index in [1.54, 1.807) is 6.08 Å². The lowest BCUT2D eigenvalue weighted by atomic mass is 10.2. The van der Waals surface area contributed by atoms with Crippen molar-refractivity contribution in [3.63, 3.8) is 0 Å². The summed E-state index contributed by atoms with van der Waals surface area (Å²) in [6, 6.07) is 0. The molecule has 0 aliphatic carbocycles. The first-order chi connectivity index (χ1) is 25.0. The van der Waals surface area contributed by atoms with Crippen LogP contribution in [0.5, 0.6) is 0 Å². The predicted molar refractivity (Wildman–Crippen MR) is 214 cm³/mol. The fourth-order valence-electron chi connectivity index (χ4n) is 4.08. The molecule has 6 heteroatoms. The van der Waals surface area contributed by atoms with Crippen LogP contribution in [0.1, 0.15) is 111 Å². The Labute approximate surface area is 309 Å². The van der Waals surface area contributed by atoms with Gasteiger partial charge in [0, 0.05) is 12.8 Å². The lowest BCUT2D eigenvalue weighted by Gasteiger charge is -2.18. The van der Waals surface area contributed by atoms with Crippen molar-refractivity contribution in [2.45, 2.75) is 117 Å². The van der Waals surface area contributed by atoms with Gasteiger partial charge in [-0.3, -0.25) is 14.4 Å². The van der Waals surface area contributed by atoms with E-state index in [0.29, 0.717) is 12.8 Å². The third-order valence-electron chi connectivity index (χ3n) is 6.79. The van der Waals surface area contributed by atoms with Crippen LogP contribution in [0.3, 0.4) is 0 Å². The topological polar surface area (TPSA) is 78.9 Å². The summed E-state index contributed by atoms with van der Waals surface area (Å²) in [7, 11) is 0. The molecule has 0 amide bonds. The van der Waals surface area contributed by atoms with Crippen LogP contribution in [0, 0.1) is 0 Å². The average molecular weight is 701 g/mol. The summed E-state index contributed by atoms with van der Waals surface area (Å²) in [5.41, 5.74) is 0. The summed E-state index contributed by atoms with van der Waals surface area (Å²) < 4.78 is 16.3. The minimum Gasteiger partial charge on any atom is -0.462 e. The smallest absolute Gasteiger partial charge is 0.309 e. The number of hydrogen-bond acceptors (Lipinski definition) is 6. The molecule has 51 heavy (non-hydrogen) atoms. The zero-order valence-corrected chi connectivity index (χ0v) is 31.5. The molecule has 0 aromatic carbocycles. The first kappa shape index (κ1) is 46.5. The Bertz CT molecular complexity index is 1220. The van der Waals surface area contributed by atoms with Gasteiger partial charge in [0.05, 0.1) is 6.42 Å². The summed E-state index contributed by atoms with van der Waals surface area (Å²) in [6.45, 7) is 5.97. The molecule has 280 valence electrons. The van der Waals surface area contributed by atoms with E-state index in [0.717, 1.165) is 57.8 Å². The van der Waals surface area contributed by atoms with Crippen molar-refractivity contribution in [1.82, 2.24) is 0 Å². The van der Waals surface area contributed by atoms with E-state index >= 15 is 0 Å². The standard InChI is InChI=1S/C45H64O6/c1-4-7-10-13-16-19-21-22-24-26-29-32-35-38-44(47)50-41-42(40-49-43(46)37-34-31-28-25-18-15-12-9-6-3)51-45(48)39-36-33-30-27-23-20-17-14-11-8-5-2/h7-13,16-22,24-27,29-31,34,42H,4-6,14-15,23,28,32-33,35-41H2,1-3H3/b10-7-,11-8-,12-9-,16-13-,20-17-,21-19-,24-22-,25-18-,29-26-,30-27-,34-31-. The molecule has 0 aliphatic rings. The highest BCUT2D eigenvalue weighted by Crippen LogP contribution is 2.07. The average Bonchev–Trinajstić information content (AvgIpc) is 3.12. The Morgan fingerprint density at radius 1 is 0.431 bits per heavy atom. The van der Waals surface area contributed by atoms with Crippen LogP contribution in [-0.2, 0) is 28.6 Å². The Morgan fingerprint density at radius 3 is 1.39 bits per heavy atom. The number of hydrogen-bond donors (Lipinski definition) is 0. The van der Waals surface area contributed by atoms with Crippen molar-refractivity contribution in [3.05, 3.63) is 134 Å². The number of unbranched alkanes of at least 4 members (excludes halogenated alkanes) is 2. The number of carbonyl (C=O) groups excluding carboxylic acids is 3. The summed E-state index contributed by atoms with van der Waals surface area (Å²) in [4.78, 5) is 37.3. The first-order valence-electron chi connectivity index (χ1n) is 18.8. The second-order valence-electron chi connectivity index (χ2n) is 11.5. The van der Waals surface area contributed by atoms with E-state index in [4.69, 9.17) is 14.2 Å². The van der Waals surface area contributed by atoms with Crippen LogP contribution >= 0.6 is 0 Å². The molecule has 0 aromatic heterocycles. The fraction of sp³-hybridized carbons (Fsp3) is 0.444. The second kappa shape index (κ2) is 38.4. The van der Waals surface area contributed by atoms with Gasteiger partial charge >= 0.3 is 17.9 Å². The summed E-state index contributed by atoms with van der Waals surface area (Å²) in [5.74, 6) is -1.24. The van der Waals surface area contributed by atoms with E-state index in [2.05, 4.69) is 81.5 Å². The maximum atomic E-state index is 12.6. The molecule has 0 rings (SSSR count). The molecule has 1 unspecified atom stereocenters. The SMILES string of the molecule is CC\C=C/C=C\C=C/C=C\C=C/CCCC(=O)OCC(COC(=O)C/C=C\C/C=C\C/C=C\CC)OC(=O)CCC/C=C\C/C=C\C/C=C\CC. The highest BCUT2D eigenvalue weighted by Gasteiger charge is 2.19. The number of carbonyl (C=O) groups is 3. The minimum atomic E-state index is -0.869. The van der Waals surface area contributed by atoms with Crippen LogP contribution in [0.25, 0.3) is 0 Å². The molecule has 0 saturated carbocycles. The van der Waals surface area contributed by atoms with Gasteiger partial charge in [-0.1, -0.05) is 154 Å². The van der Waals surface area contributed by atoms with Crippen molar-refractivity contribution in [3.8, 4) is 0 Å². The van der Waals surface area contributed by atoms with Gasteiger partial charge in [0.1, 0.15) is 13.2 Å². The Balaban J connectivity index is 4.72. The van der Waals surface area contributed by atoms with Gasteiger partial charge in [-0.25, -0.2) is 0 Å². The highest BCUT2D eigenvalue weighted by atomic mass is 16.6. The second-order valence-corrected chi connectivity index (χ2v) is 11.5. The van der Waals surface area contributed by atoms with Crippen LogP contribution < -0.4 is 0 Å². The lowest BCUT2D eigenvalue weighted by Crippen LogP contribution is -2.30. The van der Waals surface area contributed by atoms with Crippen molar-refractivity contribution >= 4 is 17.9 Å². The van der Waals surface area contributed by atoms with Gasteiger partial charge < -0.3 is 14.2 Å². The first-order valence-corrected chi connectivity index (χ1v) is 18.8. The minimum absolute atomic E-state index is 0.105. The van der Waals surface area contributed by atoms with E-state index in [1.807, 2.05) is 66.8 Å². The van der Waals surface area contributed by atoms with Crippen LogP contribution in [0.4, 0.5) is 0 Å². The molecule has 0 bridgehead atoms. The monoisotopic (exact) mass is 700 g/mol. The summed E-state index contributed by atoms with van der Waals surface area (Å²) in [5, 5.41) is 0. The quantitative estimate of drug-likeness (QED) is 0.0244. The van der Waals surface area contributed by atoms with E-state index in [1.165, 1.54) is 0 Å². The van der Waals surface area contributed by atoms with Crippen molar-refractivity contribution < 1.29 is 28.6 Å². The van der Waals surface area contributed by atoms with Crippen molar-refractivity contribution in [1.29, 1.82) is 0 Å². The molecular weight excluding hydrogens is 636 g/mol. The largest absolute Gasteiger partial charge is 0.462 e. The molecule has 1 atom stereocenters. The van der Waals surface area contributed by atoms with E-state index in [-0.39, 0.29) is 38.4 Å². The zero-order valence-electron chi connectivity index (χ0n) is 31.5. The summed E-state index contributed by atoms with van der Waals surface area (Å²) in [6.07, 6.45) is 53.5. The van der Waals surface area contributed by atoms with Gasteiger partial charge in [0.2, 0.25) is 0 Å².